The molecule has 1 aromatic rings. The first kappa shape index (κ1) is 33.0. The third-order valence-electron chi connectivity index (χ3n) is 6.79. The first-order valence-electron chi connectivity index (χ1n) is 14.5. The highest BCUT2D eigenvalue weighted by atomic mass is 79.9. The first-order valence-corrected chi connectivity index (χ1v) is 16.3. The van der Waals surface area contributed by atoms with Crippen molar-refractivity contribution in [2.75, 3.05) is 11.5 Å². The zero-order valence-corrected chi connectivity index (χ0v) is 24.8. The van der Waals surface area contributed by atoms with Crippen molar-refractivity contribution >= 4 is 10.9 Å². The van der Waals surface area contributed by atoms with Crippen LogP contribution < -0.4 is 17.0 Å². The van der Waals surface area contributed by atoms with E-state index in [4.69, 9.17) is 0 Å². The second kappa shape index (κ2) is 26.7. The molecule has 0 bridgehead atoms. The summed E-state index contributed by atoms with van der Waals surface area (Å²) in [6.45, 7) is 4.62. The normalized spacial score (nSPS) is 11.1. The molecule has 0 aromatic heterocycles. The molecule has 0 amide bonds. The molecule has 0 unspecified atom stereocenters. The predicted molar refractivity (Wildman–Crippen MR) is 151 cm³/mol. The van der Waals surface area contributed by atoms with Crippen LogP contribution in [0.25, 0.3) is 0 Å². The van der Waals surface area contributed by atoms with Gasteiger partial charge in [0.05, 0.1) is 0 Å². The fraction of sp³-hybridized carbons (Fsp3) is 0.806. The van der Waals surface area contributed by atoms with Crippen molar-refractivity contribution in [3.63, 3.8) is 0 Å². The van der Waals surface area contributed by atoms with E-state index in [1.807, 2.05) is 0 Å². The number of halogens is 1. The summed E-state index contributed by atoms with van der Waals surface area (Å²) in [7, 11) is 0.599. The summed E-state index contributed by atoms with van der Waals surface area (Å²) in [5.74, 6) is 4.28. The van der Waals surface area contributed by atoms with E-state index in [1.165, 1.54) is 146 Å². The van der Waals surface area contributed by atoms with Crippen LogP contribution in [0.2, 0.25) is 0 Å². The van der Waals surface area contributed by atoms with Gasteiger partial charge in [-0.25, -0.2) is 0 Å². The second-order valence-electron chi connectivity index (χ2n) is 10.0. The zero-order valence-electron chi connectivity index (χ0n) is 22.4. The smallest absolute Gasteiger partial charge is 0.133 e. The molecule has 0 nitrogen and oxygen atoms in total. The molecule has 0 aliphatic rings. The fourth-order valence-corrected chi connectivity index (χ4v) is 7.02. The Morgan fingerprint density at radius 2 is 0.788 bits per heavy atom. The topological polar surface area (TPSA) is 0 Å². The van der Waals surface area contributed by atoms with Gasteiger partial charge in [0.25, 0.3) is 0 Å². The van der Waals surface area contributed by atoms with E-state index in [-0.39, 0.29) is 17.0 Å². The number of unbranched alkanes of at least 4 members (excludes halogenated alkanes) is 18. The highest BCUT2D eigenvalue weighted by Gasteiger charge is 2.18. The molecular weight excluding hydrogens is 484 g/mol. The maximum atomic E-state index is 2.34. The van der Waals surface area contributed by atoms with Gasteiger partial charge in [0, 0.05) is 5.56 Å². The molecule has 194 valence electrons. The quantitative estimate of drug-likeness (QED) is 0.0931. The summed E-state index contributed by atoms with van der Waals surface area (Å²) in [6, 6.07) is 11.3. The lowest BCUT2D eigenvalue weighted by molar-refractivity contribution is -0.00000703. The third-order valence-corrected chi connectivity index (χ3v) is 9.26. The van der Waals surface area contributed by atoms with Gasteiger partial charge >= 0.3 is 0 Å². The minimum Gasteiger partial charge on any atom is -1.00 e. The van der Waals surface area contributed by atoms with Crippen molar-refractivity contribution in [1.82, 2.24) is 0 Å². The maximum Gasteiger partial charge on any atom is 0.133 e. The van der Waals surface area contributed by atoms with Gasteiger partial charge in [0.2, 0.25) is 0 Å². The molecule has 0 saturated heterocycles. The van der Waals surface area contributed by atoms with E-state index in [0.29, 0.717) is 10.9 Å². The molecule has 0 aliphatic carbocycles. The molecule has 0 heterocycles. The molecule has 0 radical (unpaired) electrons. The van der Waals surface area contributed by atoms with Crippen LogP contribution >= 0.6 is 0 Å². The molecule has 1 aromatic carbocycles. The molecule has 0 spiro atoms. The van der Waals surface area contributed by atoms with Crippen molar-refractivity contribution in [3.05, 3.63) is 35.9 Å². The summed E-state index contributed by atoms with van der Waals surface area (Å²) < 4.78 is 0. The van der Waals surface area contributed by atoms with Crippen molar-refractivity contribution in [2.45, 2.75) is 148 Å². The van der Waals surface area contributed by atoms with Gasteiger partial charge in [0.1, 0.15) is 17.3 Å². The van der Waals surface area contributed by atoms with Crippen molar-refractivity contribution in [2.24, 2.45) is 0 Å². The molecule has 2 heteroatoms. The summed E-state index contributed by atoms with van der Waals surface area (Å²) in [5, 5.41) is 0. The Morgan fingerprint density at radius 1 is 0.455 bits per heavy atom. The van der Waals surface area contributed by atoms with Crippen molar-refractivity contribution < 1.29 is 17.0 Å². The molecule has 33 heavy (non-hydrogen) atoms. The Morgan fingerprint density at radius 3 is 1.15 bits per heavy atom. The third kappa shape index (κ3) is 22.3. The Kier molecular flexibility index (Phi) is 26.7. The molecule has 0 N–H and O–H groups in total. The molecule has 1 rings (SSSR count). The maximum absolute atomic E-state index is 2.34. The minimum atomic E-state index is 0. The van der Waals surface area contributed by atoms with Crippen molar-refractivity contribution in [3.8, 4) is 0 Å². The van der Waals surface area contributed by atoms with Crippen LogP contribution in [-0.2, 0) is 16.6 Å². The SMILES string of the molecule is CCCCCCCCCCCC[S+](CCCCCCCCCCCC)Cc1ccccc1.[Br-]. The highest BCUT2D eigenvalue weighted by molar-refractivity contribution is 7.96. The van der Waals surface area contributed by atoms with E-state index in [0.717, 1.165) is 0 Å². The Bertz CT molecular complexity index is 451. The minimum absolute atomic E-state index is 0. The van der Waals surface area contributed by atoms with Gasteiger partial charge in [0.15, 0.2) is 0 Å². The van der Waals surface area contributed by atoms with Crippen LogP contribution in [0.3, 0.4) is 0 Å². The molecule has 0 aliphatic heterocycles. The fourth-order valence-electron chi connectivity index (χ4n) is 4.64. The largest absolute Gasteiger partial charge is 1.00 e. The summed E-state index contributed by atoms with van der Waals surface area (Å²) in [6.07, 6.45) is 29.0. The Hall–Kier alpha value is 0.0500. The van der Waals surface area contributed by atoms with Crippen LogP contribution in [0, 0.1) is 0 Å². The standard InChI is InChI=1S/C31H57S.BrH/c1-3-5-7-9-11-13-15-17-19-24-28-32(30-31-26-22-21-23-27-31)29-25-20-18-16-14-12-10-8-6-4-2;/h21-23,26-27H,3-20,24-25,28-30H2,1-2H3;1H/q+1;/p-1. The summed E-state index contributed by atoms with van der Waals surface area (Å²) in [5.41, 5.74) is 1.56. The second-order valence-corrected chi connectivity index (χ2v) is 12.3. The van der Waals surface area contributed by atoms with Gasteiger partial charge in [-0.05, 0) is 36.6 Å². The zero-order chi connectivity index (χ0) is 23.0. The van der Waals surface area contributed by atoms with Gasteiger partial charge < -0.3 is 17.0 Å². The van der Waals surface area contributed by atoms with Crippen LogP contribution in [0.4, 0.5) is 0 Å². The molecule has 0 saturated carbocycles. The lowest BCUT2D eigenvalue weighted by Gasteiger charge is -2.10. The summed E-state index contributed by atoms with van der Waals surface area (Å²) >= 11 is 0. The van der Waals surface area contributed by atoms with E-state index in [1.54, 1.807) is 5.56 Å². The van der Waals surface area contributed by atoms with Gasteiger partial charge in [-0.2, -0.15) is 0 Å². The van der Waals surface area contributed by atoms with Crippen LogP contribution in [0.5, 0.6) is 0 Å². The monoisotopic (exact) mass is 540 g/mol. The van der Waals surface area contributed by atoms with Crippen LogP contribution in [-0.4, -0.2) is 11.5 Å². The van der Waals surface area contributed by atoms with Crippen molar-refractivity contribution in [1.29, 1.82) is 0 Å². The summed E-state index contributed by atoms with van der Waals surface area (Å²) in [4.78, 5) is 0. The van der Waals surface area contributed by atoms with Gasteiger partial charge in [-0.15, -0.1) is 0 Å². The van der Waals surface area contributed by atoms with Crippen LogP contribution in [0.1, 0.15) is 148 Å². The van der Waals surface area contributed by atoms with E-state index < -0.39 is 0 Å². The number of benzene rings is 1. The lowest BCUT2D eigenvalue weighted by Crippen LogP contribution is -3.00. The van der Waals surface area contributed by atoms with E-state index >= 15 is 0 Å². The van der Waals surface area contributed by atoms with E-state index in [2.05, 4.69) is 44.2 Å². The molecular formula is C31H57BrS. The first-order chi connectivity index (χ1) is 15.9. The lowest BCUT2D eigenvalue weighted by atomic mass is 10.1. The number of hydrogen-bond donors (Lipinski definition) is 0. The highest BCUT2D eigenvalue weighted by Crippen LogP contribution is 2.17. The average Bonchev–Trinajstić information content (AvgIpc) is 2.82. The van der Waals surface area contributed by atoms with Gasteiger partial charge in [-0.3, -0.25) is 0 Å². The van der Waals surface area contributed by atoms with Gasteiger partial charge in [-0.1, -0.05) is 147 Å². The predicted octanol–water partition coefficient (Wildman–Crippen LogP) is 7.65. The van der Waals surface area contributed by atoms with E-state index in [9.17, 15) is 0 Å². The molecule has 0 atom stereocenters. The van der Waals surface area contributed by atoms with Crippen LogP contribution in [0.15, 0.2) is 30.3 Å². The Labute approximate surface area is 222 Å². The Balaban J connectivity index is 0.0000102. The average molecular weight is 542 g/mol. The number of rotatable bonds is 24. The number of hydrogen-bond acceptors (Lipinski definition) is 0. The molecule has 0 fully saturated rings.